The first-order valence-electron chi connectivity index (χ1n) is 9.23. The third-order valence-corrected chi connectivity index (χ3v) is 4.74. The van der Waals surface area contributed by atoms with Crippen LogP contribution in [-0.2, 0) is 9.53 Å². The van der Waals surface area contributed by atoms with Gasteiger partial charge in [0.1, 0.15) is 0 Å². The number of hydrogen-bond acceptors (Lipinski definition) is 4. The standard InChI is InChI=1S/C18H31N5O2.HI/c1-4-20-18(21-9-6-5-7-17(24)25-3)22-11-8-15(2)16(13-22)23-12-10-19-14-23;/h10,12,14-16H,4-9,11,13H2,1-3H3,(H,20,21);1H. The first kappa shape index (κ1) is 22.7. The van der Waals surface area contributed by atoms with Crippen LogP contribution in [-0.4, -0.2) is 59.7 Å². The molecule has 1 aromatic heterocycles. The maximum absolute atomic E-state index is 11.2. The molecule has 8 heteroatoms. The molecular formula is C18H32IN5O2. The minimum absolute atomic E-state index is 0. The molecule has 1 N–H and O–H groups in total. The maximum atomic E-state index is 11.2. The highest BCUT2D eigenvalue weighted by Gasteiger charge is 2.28. The minimum Gasteiger partial charge on any atom is -0.469 e. The zero-order chi connectivity index (χ0) is 18.1. The summed E-state index contributed by atoms with van der Waals surface area (Å²) >= 11 is 0. The van der Waals surface area contributed by atoms with E-state index in [1.165, 1.54) is 7.11 Å². The van der Waals surface area contributed by atoms with Gasteiger partial charge in [-0.25, -0.2) is 4.98 Å². The molecule has 0 radical (unpaired) electrons. The predicted molar refractivity (Wildman–Crippen MR) is 114 cm³/mol. The lowest BCUT2D eigenvalue weighted by Crippen LogP contribution is -2.49. The van der Waals surface area contributed by atoms with Gasteiger partial charge in [0.25, 0.3) is 0 Å². The van der Waals surface area contributed by atoms with E-state index in [2.05, 4.69) is 38.4 Å². The minimum atomic E-state index is -0.149. The van der Waals surface area contributed by atoms with Gasteiger partial charge < -0.3 is 19.5 Å². The summed E-state index contributed by atoms with van der Waals surface area (Å²) in [6, 6.07) is 0.416. The normalized spacial score (nSPS) is 20.4. The number of guanidine groups is 1. The number of piperidine rings is 1. The summed E-state index contributed by atoms with van der Waals surface area (Å²) in [6.45, 7) is 7.92. The van der Waals surface area contributed by atoms with Crippen molar-refractivity contribution in [2.24, 2.45) is 10.9 Å². The molecule has 26 heavy (non-hydrogen) atoms. The van der Waals surface area contributed by atoms with Gasteiger partial charge in [-0.3, -0.25) is 9.79 Å². The van der Waals surface area contributed by atoms with Crippen LogP contribution in [0.5, 0.6) is 0 Å². The van der Waals surface area contributed by atoms with Gasteiger partial charge in [-0.1, -0.05) is 6.92 Å². The fraction of sp³-hybridized carbons (Fsp3) is 0.722. The van der Waals surface area contributed by atoms with Crippen LogP contribution in [0.4, 0.5) is 0 Å². The summed E-state index contributed by atoms with van der Waals surface area (Å²) < 4.78 is 6.87. The highest BCUT2D eigenvalue weighted by molar-refractivity contribution is 14.0. The van der Waals surface area contributed by atoms with E-state index in [1.807, 2.05) is 18.7 Å². The number of unbranched alkanes of at least 4 members (excludes halogenated alkanes) is 1. The van der Waals surface area contributed by atoms with E-state index in [1.54, 1.807) is 0 Å². The van der Waals surface area contributed by atoms with Crippen LogP contribution in [0.15, 0.2) is 23.7 Å². The van der Waals surface area contributed by atoms with Crippen molar-refractivity contribution in [3.63, 3.8) is 0 Å². The molecule has 1 aromatic rings. The Kier molecular flexibility index (Phi) is 10.6. The number of methoxy groups -OCH3 is 1. The van der Waals surface area contributed by atoms with Gasteiger partial charge in [0.05, 0.1) is 19.5 Å². The van der Waals surface area contributed by atoms with Crippen LogP contribution in [0.3, 0.4) is 0 Å². The monoisotopic (exact) mass is 477 g/mol. The molecule has 0 aliphatic carbocycles. The first-order valence-corrected chi connectivity index (χ1v) is 9.23. The molecule has 2 unspecified atom stereocenters. The molecule has 0 amide bonds. The lowest BCUT2D eigenvalue weighted by molar-refractivity contribution is -0.140. The van der Waals surface area contributed by atoms with Crippen LogP contribution >= 0.6 is 24.0 Å². The van der Waals surface area contributed by atoms with Crippen molar-refractivity contribution in [1.29, 1.82) is 0 Å². The van der Waals surface area contributed by atoms with Gasteiger partial charge in [-0.15, -0.1) is 24.0 Å². The van der Waals surface area contributed by atoms with E-state index in [0.717, 1.165) is 51.4 Å². The van der Waals surface area contributed by atoms with Crippen molar-refractivity contribution < 1.29 is 9.53 Å². The third kappa shape index (κ3) is 6.77. The number of nitrogens with one attached hydrogen (secondary N) is 1. The summed E-state index contributed by atoms with van der Waals surface area (Å²) in [5, 5.41) is 3.40. The van der Waals surface area contributed by atoms with Crippen LogP contribution in [0, 0.1) is 5.92 Å². The molecule has 1 fully saturated rings. The number of esters is 1. The number of aliphatic imine (C=N–C) groups is 1. The summed E-state index contributed by atoms with van der Waals surface area (Å²) in [5.74, 6) is 1.44. The zero-order valence-electron chi connectivity index (χ0n) is 16.1. The Labute approximate surface area is 173 Å². The Morgan fingerprint density at radius 1 is 1.42 bits per heavy atom. The van der Waals surface area contributed by atoms with Crippen molar-refractivity contribution in [3.05, 3.63) is 18.7 Å². The summed E-state index contributed by atoms with van der Waals surface area (Å²) in [5.41, 5.74) is 0. The number of halogens is 1. The quantitative estimate of drug-likeness (QED) is 0.215. The number of rotatable bonds is 7. The lowest BCUT2D eigenvalue weighted by atomic mass is 9.93. The molecule has 1 aliphatic heterocycles. The number of aromatic nitrogens is 2. The van der Waals surface area contributed by atoms with Gasteiger partial charge in [0.15, 0.2) is 5.96 Å². The molecule has 148 valence electrons. The van der Waals surface area contributed by atoms with E-state index in [4.69, 9.17) is 4.99 Å². The highest BCUT2D eigenvalue weighted by Crippen LogP contribution is 2.27. The fourth-order valence-corrected chi connectivity index (χ4v) is 3.19. The van der Waals surface area contributed by atoms with E-state index >= 15 is 0 Å². The molecule has 2 rings (SSSR count). The summed E-state index contributed by atoms with van der Waals surface area (Å²) in [4.78, 5) is 22.4. The SMILES string of the molecule is CCNC(=NCCCCC(=O)OC)N1CCC(C)C(n2ccnc2)C1.I. The Balaban J connectivity index is 0.00000338. The van der Waals surface area contributed by atoms with Crippen molar-refractivity contribution in [2.45, 2.75) is 45.6 Å². The van der Waals surface area contributed by atoms with Crippen molar-refractivity contribution >= 4 is 35.9 Å². The second-order valence-corrected chi connectivity index (χ2v) is 6.56. The van der Waals surface area contributed by atoms with Crippen molar-refractivity contribution in [3.8, 4) is 0 Å². The lowest BCUT2D eigenvalue weighted by Gasteiger charge is -2.39. The highest BCUT2D eigenvalue weighted by atomic mass is 127. The molecule has 1 saturated heterocycles. The molecule has 0 spiro atoms. The second-order valence-electron chi connectivity index (χ2n) is 6.56. The zero-order valence-corrected chi connectivity index (χ0v) is 18.4. The van der Waals surface area contributed by atoms with E-state index in [9.17, 15) is 4.79 Å². The molecule has 2 atom stereocenters. The fourth-order valence-electron chi connectivity index (χ4n) is 3.19. The van der Waals surface area contributed by atoms with Crippen molar-refractivity contribution in [1.82, 2.24) is 19.8 Å². The van der Waals surface area contributed by atoms with Gasteiger partial charge in [0, 0.05) is 45.0 Å². The molecule has 2 heterocycles. The Morgan fingerprint density at radius 2 is 2.23 bits per heavy atom. The van der Waals surface area contributed by atoms with Crippen LogP contribution in [0.1, 0.15) is 45.6 Å². The largest absolute Gasteiger partial charge is 0.469 e. The Bertz CT molecular complexity index is 550. The average Bonchev–Trinajstić information content (AvgIpc) is 3.15. The molecule has 0 saturated carbocycles. The number of ether oxygens (including phenoxy) is 1. The number of carbonyl (C=O) groups is 1. The number of imidazole rings is 1. The second kappa shape index (κ2) is 12.1. The van der Waals surface area contributed by atoms with Crippen LogP contribution < -0.4 is 5.32 Å². The Morgan fingerprint density at radius 3 is 2.88 bits per heavy atom. The predicted octanol–water partition coefficient (Wildman–Crippen LogP) is 2.69. The number of hydrogen-bond donors (Lipinski definition) is 1. The van der Waals surface area contributed by atoms with E-state index in [-0.39, 0.29) is 29.9 Å². The first-order chi connectivity index (χ1) is 12.2. The smallest absolute Gasteiger partial charge is 0.305 e. The van der Waals surface area contributed by atoms with Gasteiger partial charge in [-0.2, -0.15) is 0 Å². The Hall–Kier alpha value is -1.32. The molecular weight excluding hydrogens is 445 g/mol. The number of carbonyl (C=O) groups excluding carboxylic acids is 1. The van der Waals surface area contributed by atoms with Gasteiger partial charge in [-0.05, 0) is 32.1 Å². The van der Waals surface area contributed by atoms with Crippen molar-refractivity contribution in [2.75, 3.05) is 33.3 Å². The third-order valence-electron chi connectivity index (χ3n) is 4.74. The van der Waals surface area contributed by atoms with Gasteiger partial charge >= 0.3 is 5.97 Å². The summed E-state index contributed by atoms with van der Waals surface area (Å²) in [7, 11) is 1.43. The topological polar surface area (TPSA) is 71.8 Å². The van der Waals surface area contributed by atoms with Gasteiger partial charge in [0.2, 0.25) is 0 Å². The van der Waals surface area contributed by atoms with E-state index in [0.29, 0.717) is 18.4 Å². The molecule has 1 aliphatic rings. The van der Waals surface area contributed by atoms with E-state index < -0.39 is 0 Å². The molecule has 0 aromatic carbocycles. The average molecular weight is 477 g/mol. The number of likely N-dealkylation sites (tertiary alicyclic amines) is 1. The molecule has 0 bridgehead atoms. The van der Waals surface area contributed by atoms with Crippen LogP contribution in [0.2, 0.25) is 0 Å². The molecule has 7 nitrogen and oxygen atoms in total. The van der Waals surface area contributed by atoms with Crippen LogP contribution in [0.25, 0.3) is 0 Å². The maximum Gasteiger partial charge on any atom is 0.305 e. The summed E-state index contributed by atoms with van der Waals surface area (Å²) in [6.07, 6.45) is 9.08. The number of nitrogens with zero attached hydrogens (tertiary/aromatic N) is 4.